The Morgan fingerprint density at radius 3 is 2.38 bits per heavy atom. The first-order chi connectivity index (χ1) is 10.0. The maximum atomic E-state index is 6.21. The van der Waals surface area contributed by atoms with E-state index in [9.17, 15) is 0 Å². The number of nitrogens with one attached hydrogen (secondary N) is 1. The molecule has 2 heterocycles. The van der Waals surface area contributed by atoms with E-state index in [4.69, 9.17) is 4.74 Å². The van der Waals surface area contributed by atoms with E-state index in [1.165, 1.54) is 38.8 Å². The molecule has 4 nitrogen and oxygen atoms in total. The van der Waals surface area contributed by atoms with Crippen molar-refractivity contribution in [1.82, 2.24) is 15.1 Å². The molecule has 0 spiro atoms. The average molecular weight is 297 g/mol. The molecule has 0 radical (unpaired) electrons. The summed E-state index contributed by atoms with van der Waals surface area (Å²) in [5.74, 6) is 0.722. The van der Waals surface area contributed by atoms with E-state index in [1.807, 2.05) is 0 Å². The topological polar surface area (TPSA) is 27.7 Å². The van der Waals surface area contributed by atoms with Crippen LogP contribution in [0.15, 0.2) is 0 Å². The van der Waals surface area contributed by atoms with Crippen LogP contribution in [0.4, 0.5) is 0 Å². The summed E-state index contributed by atoms with van der Waals surface area (Å²) in [5, 5.41) is 3.53. The molecule has 4 heteroatoms. The summed E-state index contributed by atoms with van der Waals surface area (Å²) in [4.78, 5) is 4.98. The summed E-state index contributed by atoms with van der Waals surface area (Å²) in [5.41, 5.74) is 0. The molecule has 0 aliphatic carbocycles. The molecule has 2 atom stereocenters. The van der Waals surface area contributed by atoms with Gasteiger partial charge in [-0.2, -0.15) is 0 Å². The maximum Gasteiger partial charge on any atom is 0.0707 e. The lowest BCUT2D eigenvalue weighted by molar-refractivity contribution is 0.0148. The fraction of sp³-hybridized carbons (Fsp3) is 1.00. The van der Waals surface area contributed by atoms with Gasteiger partial charge in [0.25, 0.3) is 0 Å². The lowest BCUT2D eigenvalue weighted by Crippen LogP contribution is -2.44. The monoisotopic (exact) mass is 297 g/mol. The molecule has 2 fully saturated rings. The van der Waals surface area contributed by atoms with Crippen LogP contribution in [0.3, 0.4) is 0 Å². The molecule has 0 bridgehead atoms. The summed E-state index contributed by atoms with van der Waals surface area (Å²) in [6.07, 6.45) is 5.98. The number of ether oxygens (including phenoxy) is 1. The highest BCUT2D eigenvalue weighted by Crippen LogP contribution is 2.22. The Labute approximate surface area is 131 Å². The quantitative estimate of drug-likeness (QED) is 0.775. The standard InChI is InChI=1S/C17H35N3O/c1-14(2)11-18-12-16-5-6-17(21-16)13-20-9-7-15(8-10-20)19(3)4/h14-18H,5-13H2,1-4H3. The zero-order valence-electron chi connectivity index (χ0n) is 14.5. The van der Waals surface area contributed by atoms with Gasteiger partial charge in [-0.1, -0.05) is 13.8 Å². The van der Waals surface area contributed by atoms with Crippen LogP contribution in [0.2, 0.25) is 0 Å². The Bertz CT molecular complexity index is 288. The van der Waals surface area contributed by atoms with Crippen molar-refractivity contribution >= 4 is 0 Å². The van der Waals surface area contributed by atoms with Gasteiger partial charge < -0.3 is 19.9 Å². The average Bonchev–Trinajstić information content (AvgIpc) is 2.86. The number of piperidine rings is 1. The van der Waals surface area contributed by atoms with E-state index in [-0.39, 0.29) is 0 Å². The van der Waals surface area contributed by atoms with Gasteiger partial charge in [0, 0.05) is 19.1 Å². The molecule has 1 N–H and O–H groups in total. The molecule has 2 aliphatic heterocycles. The molecule has 2 rings (SSSR count). The summed E-state index contributed by atoms with van der Waals surface area (Å²) in [6.45, 7) is 10.2. The van der Waals surface area contributed by atoms with Gasteiger partial charge in [0.1, 0.15) is 0 Å². The van der Waals surface area contributed by atoms with Crippen molar-refractivity contribution in [3.05, 3.63) is 0 Å². The Morgan fingerprint density at radius 1 is 1.10 bits per heavy atom. The molecule has 0 aromatic rings. The van der Waals surface area contributed by atoms with Gasteiger partial charge in [-0.05, 0) is 65.3 Å². The van der Waals surface area contributed by atoms with Crippen molar-refractivity contribution in [1.29, 1.82) is 0 Å². The second-order valence-electron chi connectivity index (χ2n) is 7.50. The second kappa shape index (κ2) is 8.47. The van der Waals surface area contributed by atoms with E-state index in [2.05, 4.69) is 43.1 Å². The molecule has 124 valence electrons. The van der Waals surface area contributed by atoms with Crippen LogP contribution in [-0.2, 0) is 4.74 Å². The highest BCUT2D eigenvalue weighted by molar-refractivity contribution is 4.82. The lowest BCUT2D eigenvalue weighted by atomic mass is 10.0. The van der Waals surface area contributed by atoms with Gasteiger partial charge in [0.15, 0.2) is 0 Å². The fourth-order valence-corrected chi connectivity index (χ4v) is 3.50. The van der Waals surface area contributed by atoms with E-state index >= 15 is 0 Å². The fourth-order valence-electron chi connectivity index (χ4n) is 3.50. The third-order valence-corrected chi connectivity index (χ3v) is 4.87. The highest BCUT2D eigenvalue weighted by atomic mass is 16.5. The Hall–Kier alpha value is -0.160. The number of likely N-dealkylation sites (tertiary alicyclic amines) is 1. The van der Waals surface area contributed by atoms with E-state index in [0.29, 0.717) is 12.2 Å². The zero-order valence-corrected chi connectivity index (χ0v) is 14.5. The summed E-state index contributed by atoms with van der Waals surface area (Å²) >= 11 is 0. The first-order valence-corrected chi connectivity index (χ1v) is 8.79. The summed E-state index contributed by atoms with van der Waals surface area (Å²) < 4.78 is 6.21. The molecule has 0 saturated carbocycles. The van der Waals surface area contributed by atoms with Crippen LogP contribution >= 0.6 is 0 Å². The molecular weight excluding hydrogens is 262 g/mol. The van der Waals surface area contributed by atoms with Crippen LogP contribution < -0.4 is 5.32 Å². The highest BCUT2D eigenvalue weighted by Gasteiger charge is 2.28. The maximum absolute atomic E-state index is 6.21. The third kappa shape index (κ3) is 5.85. The SMILES string of the molecule is CC(C)CNCC1CCC(CN2CCC(N(C)C)CC2)O1. The number of hydrogen-bond acceptors (Lipinski definition) is 4. The van der Waals surface area contributed by atoms with Crippen molar-refractivity contribution in [2.24, 2.45) is 5.92 Å². The van der Waals surface area contributed by atoms with Gasteiger partial charge in [0.05, 0.1) is 12.2 Å². The van der Waals surface area contributed by atoms with Crippen molar-refractivity contribution in [3.8, 4) is 0 Å². The van der Waals surface area contributed by atoms with E-state index < -0.39 is 0 Å². The van der Waals surface area contributed by atoms with Gasteiger partial charge in [-0.15, -0.1) is 0 Å². The molecule has 0 aromatic heterocycles. The predicted molar refractivity (Wildman–Crippen MR) is 88.8 cm³/mol. The minimum Gasteiger partial charge on any atom is -0.372 e. The van der Waals surface area contributed by atoms with Gasteiger partial charge in [-0.3, -0.25) is 0 Å². The third-order valence-electron chi connectivity index (χ3n) is 4.87. The molecule has 2 saturated heterocycles. The first kappa shape index (κ1) is 17.2. The molecule has 2 aliphatic rings. The van der Waals surface area contributed by atoms with Crippen LogP contribution in [0.5, 0.6) is 0 Å². The molecular formula is C17H35N3O. The van der Waals surface area contributed by atoms with Gasteiger partial charge >= 0.3 is 0 Å². The van der Waals surface area contributed by atoms with Crippen LogP contribution in [0.25, 0.3) is 0 Å². The second-order valence-corrected chi connectivity index (χ2v) is 7.50. The minimum absolute atomic E-state index is 0.438. The number of rotatable bonds is 7. The molecule has 2 unspecified atom stereocenters. The van der Waals surface area contributed by atoms with E-state index in [1.54, 1.807) is 0 Å². The zero-order chi connectivity index (χ0) is 15.2. The van der Waals surface area contributed by atoms with Crippen molar-refractivity contribution in [2.45, 2.75) is 57.8 Å². The summed E-state index contributed by atoms with van der Waals surface area (Å²) in [7, 11) is 4.41. The minimum atomic E-state index is 0.438. The van der Waals surface area contributed by atoms with Gasteiger partial charge in [0.2, 0.25) is 0 Å². The van der Waals surface area contributed by atoms with Gasteiger partial charge in [-0.25, -0.2) is 0 Å². The Morgan fingerprint density at radius 2 is 1.76 bits per heavy atom. The smallest absolute Gasteiger partial charge is 0.0707 e. The Kier molecular flexibility index (Phi) is 6.93. The molecule has 0 amide bonds. The lowest BCUT2D eigenvalue weighted by Gasteiger charge is -2.36. The number of hydrogen-bond donors (Lipinski definition) is 1. The van der Waals surface area contributed by atoms with E-state index in [0.717, 1.165) is 31.6 Å². The van der Waals surface area contributed by atoms with Crippen molar-refractivity contribution in [3.63, 3.8) is 0 Å². The molecule has 21 heavy (non-hydrogen) atoms. The summed E-state index contributed by atoms with van der Waals surface area (Å²) in [6, 6.07) is 0.777. The van der Waals surface area contributed by atoms with Crippen molar-refractivity contribution < 1.29 is 4.74 Å². The van der Waals surface area contributed by atoms with Crippen LogP contribution in [0.1, 0.15) is 39.5 Å². The van der Waals surface area contributed by atoms with Crippen molar-refractivity contribution in [2.75, 3.05) is 46.8 Å². The van der Waals surface area contributed by atoms with Crippen LogP contribution in [-0.4, -0.2) is 74.9 Å². The number of nitrogens with zero attached hydrogens (tertiary/aromatic N) is 2. The predicted octanol–water partition coefficient (Wildman–Crippen LogP) is 1.81. The first-order valence-electron chi connectivity index (χ1n) is 8.79. The largest absolute Gasteiger partial charge is 0.372 e. The molecule has 0 aromatic carbocycles. The normalized spacial score (nSPS) is 28.9. The Balaban J connectivity index is 1.60. The van der Waals surface area contributed by atoms with Crippen LogP contribution in [0, 0.1) is 5.92 Å².